The van der Waals surface area contributed by atoms with Gasteiger partial charge in [0.15, 0.2) is 5.16 Å². The third-order valence-corrected chi connectivity index (χ3v) is 6.30. The summed E-state index contributed by atoms with van der Waals surface area (Å²) in [7, 11) is 1.69. The summed E-state index contributed by atoms with van der Waals surface area (Å²) in [6, 6.07) is 0. The van der Waals surface area contributed by atoms with Gasteiger partial charge in [0.2, 0.25) is 0 Å². The van der Waals surface area contributed by atoms with Gasteiger partial charge in [0.05, 0.1) is 12.0 Å². The lowest BCUT2D eigenvalue weighted by atomic mass is 9.89. The molecule has 1 unspecified atom stereocenters. The number of thiophene rings is 1. The van der Waals surface area contributed by atoms with Crippen molar-refractivity contribution in [1.29, 1.82) is 0 Å². The summed E-state index contributed by atoms with van der Waals surface area (Å²) in [5.41, 5.74) is 1.41. The van der Waals surface area contributed by atoms with Crippen molar-refractivity contribution in [2.45, 2.75) is 44.8 Å². The van der Waals surface area contributed by atoms with Crippen LogP contribution in [0, 0.1) is 5.92 Å². The maximum absolute atomic E-state index is 12.9. The Morgan fingerprint density at radius 3 is 3.05 bits per heavy atom. The third kappa shape index (κ3) is 2.84. The molecule has 6 heteroatoms. The van der Waals surface area contributed by atoms with Gasteiger partial charge in [-0.05, 0) is 37.7 Å². The minimum absolute atomic E-state index is 0.138. The normalized spacial score (nSPS) is 17.9. The predicted molar refractivity (Wildman–Crippen MR) is 93.3 cm³/mol. The van der Waals surface area contributed by atoms with Crippen LogP contribution in [0.3, 0.4) is 0 Å². The molecule has 0 aliphatic heterocycles. The fourth-order valence-electron chi connectivity index (χ4n) is 3.01. The molecular weight excluding hydrogens is 316 g/mol. The number of aromatic nitrogens is 2. The Morgan fingerprint density at radius 1 is 1.50 bits per heavy atom. The highest BCUT2D eigenvalue weighted by Gasteiger charge is 2.24. The molecule has 3 rings (SSSR count). The van der Waals surface area contributed by atoms with Crippen LogP contribution in [0.4, 0.5) is 0 Å². The summed E-state index contributed by atoms with van der Waals surface area (Å²) in [5, 5.41) is 1.70. The quantitative estimate of drug-likeness (QED) is 0.476. The molecular formula is C16H22N2O2S2. The van der Waals surface area contributed by atoms with Crippen molar-refractivity contribution >= 4 is 33.3 Å². The number of fused-ring (bicyclic) bond motifs is 3. The van der Waals surface area contributed by atoms with Crippen LogP contribution in [0.1, 0.15) is 30.7 Å². The molecule has 0 saturated carbocycles. The molecule has 0 amide bonds. The van der Waals surface area contributed by atoms with Crippen LogP contribution in [0.15, 0.2) is 9.95 Å². The molecule has 0 aromatic carbocycles. The fourth-order valence-corrected chi connectivity index (χ4v) is 5.40. The largest absolute Gasteiger partial charge is 0.384 e. The van der Waals surface area contributed by atoms with Crippen molar-refractivity contribution in [3.63, 3.8) is 0 Å². The average molecular weight is 338 g/mol. The second-order valence-corrected chi connectivity index (χ2v) is 7.96. The first kappa shape index (κ1) is 16.0. The fraction of sp³-hybridized carbons (Fsp3) is 0.625. The minimum Gasteiger partial charge on any atom is -0.384 e. The van der Waals surface area contributed by atoms with Crippen LogP contribution >= 0.6 is 23.1 Å². The number of hydrogen-bond acceptors (Lipinski definition) is 5. The van der Waals surface area contributed by atoms with E-state index in [1.54, 1.807) is 30.2 Å². The molecule has 0 spiro atoms. The van der Waals surface area contributed by atoms with Gasteiger partial charge in [-0.25, -0.2) is 4.98 Å². The van der Waals surface area contributed by atoms with E-state index in [-0.39, 0.29) is 5.56 Å². The first-order valence-electron chi connectivity index (χ1n) is 7.82. The monoisotopic (exact) mass is 338 g/mol. The Morgan fingerprint density at radius 2 is 2.32 bits per heavy atom. The first-order chi connectivity index (χ1) is 10.7. The SMILES string of the molecule is CCn1c(SCCOC)nc2sc3c(c2c1=O)CCC(C)C3. The molecule has 1 aliphatic carbocycles. The van der Waals surface area contributed by atoms with Crippen molar-refractivity contribution in [3.8, 4) is 0 Å². The summed E-state index contributed by atoms with van der Waals surface area (Å²) < 4.78 is 6.91. The molecule has 0 fully saturated rings. The number of ether oxygens (including phenoxy) is 1. The van der Waals surface area contributed by atoms with Crippen LogP contribution in [0.5, 0.6) is 0 Å². The van der Waals surface area contributed by atoms with Gasteiger partial charge in [-0.15, -0.1) is 11.3 Å². The number of nitrogens with zero attached hydrogens (tertiary/aromatic N) is 2. The summed E-state index contributed by atoms with van der Waals surface area (Å²) in [5.74, 6) is 1.53. The lowest BCUT2D eigenvalue weighted by Gasteiger charge is -2.17. The van der Waals surface area contributed by atoms with Gasteiger partial charge in [-0.2, -0.15) is 0 Å². The third-order valence-electron chi connectivity index (χ3n) is 4.22. The van der Waals surface area contributed by atoms with Crippen LogP contribution in [-0.4, -0.2) is 29.0 Å². The van der Waals surface area contributed by atoms with Crippen LogP contribution in [0.2, 0.25) is 0 Å². The minimum atomic E-state index is 0.138. The van der Waals surface area contributed by atoms with Gasteiger partial charge in [0.25, 0.3) is 5.56 Å². The zero-order chi connectivity index (χ0) is 15.7. The highest BCUT2D eigenvalue weighted by atomic mass is 32.2. The molecule has 22 heavy (non-hydrogen) atoms. The van der Waals surface area contributed by atoms with Crippen molar-refractivity contribution < 1.29 is 4.74 Å². The van der Waals surface area contributed by atoms with Crippen LogP contribution < -0.4 is 5.56 Å². The van der Waals surface area contributed by atoms with Gasteiger partial charge in [0, 0.05) is 24.3 Å². The van der Waals surface area contributed by atoms with Gasteiger partial charge in [-0.1, -0.05) is 18.7 Å². The highest BCUT2D eigenvalue weighted by molar-refractivity contribution is 7.99. The summed E-state index contributed by atoms with van der Waals surface area (Å²) in [6.45, 7) is 5.63. The number of hydrogen-bond donors (Lipinski definition) is 0. The van der Waals surface area contributed by atoms with Gasteiger partial charge < -0.3 is 4.74 Å². The van der Waals surface area contributed by atoms with Crippen LogP contribution in [-0.2, 0) is 24.1 Å². The number of thioether (sulfide) groups is 1. The second kappa shape index (κ2) is 6.72. The summed E-state index contributed by atoms with van der Waals surface area (Å²) in [6.07, 6.45) is 3.29. The standard InChI is InChI=1S/C16H22N2O2S2/c1-4-18-15(19)13-11-6-5-10(2)9-12(11)22-14(13)17-16(18)21-8-7-20-3/h10H,4-9H2,1-3H3. The predicted octanol–water partition coefficient (Wildman–Crippen LogP) is 3.34. The van der Waals surface area contributed by atoms with E-state index in [9.17, 15) is 4.79 Å². The molecule has 1 aliphatic rings. The Kier molecular flexibility index (Phi) is 4.90. The lowest BCUT2D eigenvalue weighted by molar-refractivity contribution is 0.218. The van der Waals surface area contributed by atoms with E-state index in [1.165, 1.54) is 16.9 Å². The van der Waals surface area contributed by atoms with E-state index in [1.807, 2.05) is 11.5 Å². The van der Waals surface area contributed by atoms with E-state index in [0.29, 0.717) is 19.1 Å². The Balaban J connectivity index is 2.10. The summed E-state index contributed by atoms with van der Waals surface area (Å²) >= 11 is 3.33. The van der Waals surface area contributed by atoms with Crippen molar-refractivity contribution in [3.05, 3.63) is 20.8 Å². The van der Waals surface area contributed by atoms with Crippen LogP contribution in [0.25, 0.3) is 10.2 Å². The van der Waals surface area contributed by atoms with E-state index in [2.05, 4.69) is 6.92 Å². The molecule has 0 saturated heterocycles. The molecule has 2 heterocycles. The smallest absolute Gasteiger partial charge is 0.263 e. The topological polar surface area (TPSA) is 44.1 Å². The Bertz CT molecular complexity index is 736. The molecule has 2 aromatic heterocycles. The lowest BCUT2D eigenvalue weighted by Crippen LogP contribution is -2.23. The Hall–Kier alpha value is -0.850. The number of methoxy groups -OCH3 is 1. The number of aryl methyl sites for hydroxylation is 1. The first-order valence-corrected chi connectivity index (χ1v) is 9.62. The number of rotatable bonds is 5. The van der Waals surface area contributed by atoms with Gasteiger partial charge in [-0.3, -0.25) is 9.36 Å². The van der Waals surface area contributed by atoms with Crippen molar-refractivity contribution in [2.75, 3.05) is 19.5 Å². The van der Waals surface area contributed by atoms with E-state index < -0.39 is 0 Å². The summed E-state index contributed by atoms with van der Waals surface area (Å²) in [4.78, 5) is 20.0. The highest BCUT2D eigenvalue weighted by Crippen LogP contribution is 2.36. The van der Waals surface area contributed by atoms with Gasteiger partial charge >= 0.3 is 0 Å². The van der Waals surface area contributed by atoms with E-state index in [4.69, 9.17) is 9.72 Å². The van der Waals surface area contributed by atoms with Crippen molar-refractivity contribution in [1.82, 2.24) is 9.55 Å². The molecule has 2 aromatic rings. The molecule has 4 nitrogen and oxygen atoms in total. The Labute approximate surface area is 138 Å². The molecule has 0 N–H and O–H groups in total. The zero-order valence-corrected chi connectivity index (χ0v) is 15.0. The zero-order valence-electron chi connectivity index (χ0n) is 13.3. The second-order valence-electron chi connectivity index (χ2n) is 5.82. The molecule has 0 bridgehead atoms. The van der Waals surface area contributed by atoms with Crippen molar-refractivity contribution in [2.24, 2.45) is 5.92 Å². The maximum Gasteiger partial charge on any atom is 0.263 e. The van der Waals surface area contributed by atoms with Gasteiger partial charge in [0.1, 0.15) is 4.83 Å². The molecule has 0 radical (unpaired) electrons. The maximum atomic E-state index is 12.9. The van der Waals surface area contributed by atoms with E-state index >= 15 is 0 Å². The molecule has 1 atom stereocenters. The van der Waals surface area contributed by atoms with E-state index in [0.717, 1.165) is 34.0 Å². The average Bonchev–Trinajstić information content (AvgIpc) is 2.85. The molecule has 120 valence electrons.